The second-order valence-electron chi connectivity index (χ2n) is 2.96. The van der Waals surface area contributed by atoms with Crippen LogP contribution >= 0.6 is 0 Å². The molecule has 0 amide bonds. The van der Waals surface area contributed by atoms with Gasteiger partial charge in [0.05, 0.1) is 11.3 Å². The summed E-state index contributed by atoms with van der Waals surface area (Å²) in [4.78, 5) is 10.5. The molecule has 0 aliphatic carbocycles. The number of nitroso groups, excluding NO2 is 1. The molecular weight excluding hydrogens is 164 g/mol. The molecule has 13 heavy (non-hydrogen) atoms. The number of rotatable bonds is 4. The highest BCUT2D eigenvalue weighted by molar-refractivity contribution is 5.15. The minimum absolute atomic E-state index is 0.451. The lowest BCUT2D eigenvalue weighted by molar-refractivity contribution is 0.265. The molecule has 0 fully saturated rings. The van der Waals surface area contributed by atoms with E-state index in [9.17, 15) is 4.91 Å². The van der Waals surface area contributed by atoms with E-state index in [0.29, 0.717) is 11.4 Å². The van der Waals surface area contributed by atoms with Crippen LogP contribution in [0.2, 0.25) is 0 Å². The third-order valence-electron chi connectivity index (χ3n) is 1.88. The third-order valence-corrected chi connectivity index (χ3v) is 1.88. The Morgan fingerprint density at radius 2 is 2.23 bits per heavy atom. The topological polar surface area (TPSA) is 32.7 Å². The molecule has 0 saturated carbocycles. The highest BCUT2D eigenvalue weighted by Gasteiger charge is 2.07. The molecule has 0 aliphatic heterocycles. The average Bonchev–Trinajstić information content (AvgIpc) is 2.17. The molecule has 0 aromatic heterocycles. The van der Waals surface area contributed by atoms with Crippen LogP contribution in [0.4, 0.5) is 0 Å². The van der Waals surface area contributed by atoms with Gasteiger partial charge < -0.3 is 0 Å². The van der Waals surface area contributed by atoms with E-state index in [2.05, 4.69) is 5.29 Å². The van der Waals surface area contributed by atoms with Gasteiger partial charge in [0.2, 0.25) is 0 Å². The molecule has 0 heterocycles. The van der Waals surface area contributed by atoms with E-state index in [1.165, 1.54) is 0 Å². The van der Waals surface area contributed by atoms with E-state index in [-0.39, 0.29) is 0 Å². The van der Waals surface area contributed by atoms with Crippen LogP contribution in [0.1, 0.15) is 16.6 Å². The van der Waals surface area contributed by atoms with Gasteiger partial charge in [0.1, 0.15) is 0 Å². The van der Waals surface area contributed by atoms with E-state index < -0.39 is 13.0 Å². The first kappa shape index (κ1) is 6.13. The summed E-state index contributed by atoms with van der Waals surface area (Å²) in [6.07, 6.45) is 0.477. The maximum Gasteiger partial charge on any atom is 0.0523 e. The zero-order chi connectivity index (χ0) is 12.2. The van der Waals surface area contributed by atoms with Crippen LogP contribution in [0.15, 0.2) is 35.6 Å². The monoisotopic (exact) mass is 181 g/mol. The summed E-state index contributed by atoms with van der Waals surface area (Å²) in [7, 11) is 0. The molecule has 3 heteroatoms. The summed E-state index contributed by atoms with van der Waals surface area (Å²) in [6, 6.07) is 8.95. The number of hydrogen-bond donors (Lipinski definition) is 0. The Kier molecular flexibility index (Phi) is 2.17. The van der Waals surface area contributed by atoms with Crippen LogP contribution in [-0.2, 0) is 6.42 Å². The van der Waals surface area contributed by atoms with Gasteiger partial charge in [-0.25, -0.2) is 0 Å². The first-order valence-electron chi connectivity index (χ1n) is 5.61. The van der Waals surface area contributed by atoms with Gasteiger partial charge in [-0.3, -0.25) is 5.01 Å². The molecule has 0 saturated heterocycles. The van der Waals surface area contributed by atoms with Crippen LogP contribution in [0, 0.1) is 4.91 Å². The van der Waals surface area contributed by atoms with Crippen molar-refractivity contribution in [2.24, 2.45) is 5.29 Å². The Balaban J connectivity index is 2.71. The fourth-order valence-corrected chi connectivity index (χ4v) is 1.12. The van der Waals surface area contributed by atoms with Gasteiger partial charge in [-0.15, -0.1) is 4.91 Å². The van der Waals surface area contributed by atoms with Crippen molar-refractivity contribution >= 4 is 0 Å². The van der Waals surface area contributed by atoms with Crippen molar-refractivity contribution in [1.29, 1.82) is 0 Å². The molecule has 0 radical (unpaired) electrons. The fourth-order valence-electron chi connectivity index (χ4n) is 1.12. The first-order chi connectivity index (χ1) is 7.45. The molecule has 1 atom stereocenters. The Morgan fingerprint density at radius 3 is 2.77 bits per heavy atom. The predicted octanol–water partition coefficient (Wildman–Crippen LogP) is 2.23. The molecule has 0 N–H and O–H groups in total. The summed E-state index contributed by atoms with van der Waals surface area (Å²) >= 11 is 0. The van der Waals surface area contributed by atoms with E-state index in [1.807, 2.05) is 30.3 Å². The normalized spacial score (nSPS) is 16.5. The van der Waals surface area contributed by atoms with Gasteiger partial charge in [-0.2, -0.15) is 0 Å². The standard InChI is InChI=1S/C10H14N2O/c1-9(12(2)11-13)8-10-6-4-3-5-7-10/h3-7,9H,8H2,1-2H3/t9-/m0/s1/i2D3. The maximum atomic E-state index is 10.5. The van der Waals surface area contributed by atoms with E-state index in [1.54, 1.807) is 6.92 Å². The molecule has 0 spiro atoms. The lowest BCUT2D eigenvalue weighted by Crippen LogP contribution is -2.25. The van der Waals surface area contributed by atoms with Crippen LogP contribution < -0.4 is 0 Å². The van der Waals surface area contributed by atoms with Crippen LogP contribution in [0.25, 0.3) is 0 Å². The van der Waals surface area contributed by atoms with Crippen molar-refractivity contribution in [3.8, 4) is 0 Å². The summed E-state index contributed by atoms with van der Waals surface area (Å²) in [5.41, 5.74) is 0.980. The largest absolute Gasteiger partial charge is 0.261 e. The van der Waals surface area contributed by atoms with E-state index >= 15 is 0 Å². The van der Waals surface area contributed by atoms with Crippen LogP contribution in [0.5, 0.6) is 0 Å². The molecule has 0 unspecified atom stereocenters. The maximum absolute atomic E-state index is 10.5. The highest BCUT2D eigenvalue weighted by atomic mass is 16.3. The number of nitrogens with zero attached hydrogens (tertiary/aromatic N) is 2. The Bertz CT molecular complexity index is 340. The molecule has 0 bridgehead atoms. The first-order valence-corrected chi connectivity index (χ1v) is 4.11. The minimum Gasteiger partial charge on any atom is -0.261 e. The van der Waals surface area contributed by atoms with Gasteiger partial charge in [0, 0.05) is 11.1 Å². The zero-order valence-electron chi connectivity index (χ0n) is 10.5. The Morgan fingerprint density at radius 1 is 1.54 bits per heavy atom. The molecule has 3 nitrogen and oxygen atoms in total. The molecule has 0 aliphatic rings. The lowest BCUT2D eigenvalue weighted by Gasteiger charge is -2.17. The molecule has 70 valence electrons. The summed E-state index contributed by atoms with van der Waals surface area (Å²) < 4.78 is 21.5. The van der Waals surface area contributed by atoms with Gasteiger partial charge in [-0.1, -0.05) is 30.3 Å². The number of hydrogen-bond acceptors (Lipinski definition) is 2. The second-order valence-corrected chi connectivity index (χ2v) is 2.96. The Hall–Kier alpha value is -1.38. The van der Waals surface area contributed by atoms with Gasteiger partial charge >= 0.3 is 0 Å². The fraction of sp³-hybridized carbons (Fsp3) is 0.400. The quantitative estimate of drug-likeness (QED) is 0.527. The smallest absolute Gasteiger partial charge is 0.0523 e. The van der Waals surface area contributed by atoms with Crippen molar-refractivity contribution in [3.05, 3.63) is 40.8 Å². The summed E-state index contributed by atoms with van der Waals surface area (Å²) in [5.74, 6) is 0. The van der Waals surface area contributed by atoms with Crippen molar-refractivity contribution in [2.75, 3.05) is 6.98 Å². The van der Waals surface area contributed by atoms with Crippen LogP contribution in [-0.4, -0.2) is 18.0 Å². The third kappa shape index (κ3) is 2.86. The number of benzene rings is 1. The molecular formula is C10H14N2O. The molecule has 1 aromatic carbocycles. The lowest BCUT2D eigenvalue weighted by atomic mass is 10.1. The van der Waals surface area contributed by atoms with Gasteiger partial charge in [0.25, 0.3) is 0 Å². The SMILES string of the molecule is [2H]C([2H])([2H])N(N=O)[C@@H](C)Cc1ccccc1. The van der Waals surface area contributed by atoms with E-state index in [4.69, 9.17) is 4.11 Å². The second kappa shape index (κ2) is 4.60. The average molecular weight is 181 g/mol. The minimum atomic E-state index is -2.48. The van der Waals surface area contributed by atoms with Gasteiger partial charge in [0.15, 0.2) is 0 Å². The van der Waals surface area contributed by atoms with Crippen molar-refractivity contribution in [2.45, 2.75) is 19.4 Å². The van der Waals surface area contributed by atoms with Crippen molar-refractivity contribution in [3.63, 3.8) is 0 Å². The highest BCUT2D eigenvalue weighted by Crippen LogP contribution is 2.06. The van der Waals surface area contributed by atoms with E-state index in [0.717, 1.165) is 5.56 Å². The van der Waals surface area contributed by atoms with Crippen LogP contribution in [0.3, 0.4) is 0 Å². The van der Waals surface area contributed by atoms with Gasteiger partial charge in [-0.05, 0) is 18.9 Å². The Labute approximate surface area is 82.5 Å². The molecule has 1 aromatic rings. The van der Waals surface area contributed by atoms with Crippen molar-refractivity contribution < 1.29 is 4.11 Å². The zero-order valence-corrected chi connectivity index (χ0v) is 7.47. The predicted molar refractivity (Wildman–Crippen MR) is 53.2 cm³/mol. The van der Waals surface area contributed by atoms with Crippen molar-refractivity contribution in [1.82, 2.24) is 5.01 Å². The molecule has 1 rings (SSSR count). The number of likely N-dealkylation sites (N-methyl/N-ethyl adjacent to an activating group) is 1. The summed E-state index contributed by atoms with van der Waals surface area (Å²) in [6.45, 7) is -0.809. The summed E-state index contributed by atoms with van der Waals surface area (Å²) in [5, 5.41) is 3.20.